The fraction of sp³-hybridized carbons (Fsp3) is 0.375. The first kappa shape index (κ1) is 20.5. The van der Waals surface area contributed by atoms with Crippen molar-refractivity contribution in [3.63, 3.8) is 0 Å². The van der Waals surface area contributed by atoms with Crippen LogP contribution in [0.4, 0.5) is 0 Å². The van der Waals surface area contributed by atoms with Crippen molar-refractivity contribution >= 4 is 18.3 Å². The van der Waals surface area contributed by atoms with Crippen LogP contribution in [0, 0.1) is 5.92 Å². The molecule has 0 heterocycles. The number of aliphatic imine (C=N–C) groups is 1. The predicted molar refractivity (Wildman–Crippen MR) is 78.8 cm³/mol. The number of rotatable bonds is 7. The minimum Gasteiger partial charge on any atom is -0.548 e. The smallest absolute Gasteiger partial charge is 0.548 e. The number of carboxylic acid groups (broad SMARTS) is 1. The molecule has 0 aromatic heterocycles. The van der Waals surface area contributed by atoms with Crippen LogP contribution in [0.15, 0.2) is 35.3 Å². The molecular formula is C16H20KNO3. The Morgan fingerprint density at radius 1 is 1.33 bits per heavy atom. The quantitative estimate of drug-likeness (QED) is 0.477. The molecule has 0 fully saturated rings. The molecule has 0 aliphatic carbocycles. The molecule has 0 unspecified atom stereocenters. The van der Waals surface area contributed by atoms with Crippen LogP contribution in [0.1, 0.15) is 25.8 Å². The molecule has 1 aromatic carbocycles. The first-order chi connectivity index (χ1) is 9.52. The molecule has 0 spiro atoms. The summed E-state index contributed by atoms with van der Waals surface area (Å²) in [6, 6.07) is 6.76. The number of ether oxygens (including phenoxy) is 1. The average molecular weight is 313 g/mol. The summed E-state index contributed by atoms with van der Waals surface area (Å²) in [6.07, 6.45) is 5.56. The zero-order chi connectivity index (χ0) is 15.0. The van der Waals surface area contributed by atoms with E-state index in [1.54, 1.807) is 13.2 Å². The van der Waals surface area contributed by atoms with Crippen LogP contribution in [0.3, 0.4) is 0 Å². The van der Waals surface area contributed by atoms with Gasteiger partial charge >= 0.3 is 51.4 Å². The van der Waals surface area contributed by atoms with E-state index in [0.29, 0.717) is 6.42 Å². The molecule has 108 valence electrons. The van der Waals surface area contributed by atoms with Gasteiger partial charge in [-0.05, 0) is 36.1 Å². The van der Waals surface area contributed by atoms with Gasteiger partial charge in [-0.1, -0.05) is 32.1 Å². The van der Waals surface area contributed by atoms with Gasteiger partial charge in [-0.25, -0.2) is 0 Å². The van der Waals surface area contributed by atoms with Crippen molar-refractivity contribution < 1.29 is 66.0 Å². The van der Waals surface area contributed by atoms with Crippen molar-refractivity contribution in [3.8, 4) is 5.75 Å². The second-order valence-corrected chi connectivity index (χ2v) is 4.89. The van der Waals surface area contributed by atoms with Crippen molar-refractivity contribution in [2.45, 2.75) is 26.3 Å². The Bertz CT molecular complexity index is 481. The molecule has 0 aliphatic heterocycles. The van der Waals surface area contributed by atoms with E-state index in [-0.39, 0.29) is 57.3 Å². The predicted octanol–water partition coefficient (Wildman–Crippen LogP) is -1.05. The van der Waals surface area contributed by atoms with E-state index in [0.717, 1.165) is 11.3 Å². The van der Waals surface area contributed by atoms with Crippen LogP contribution in [-0.4, -0.2) is 25.3 Å². The van der Waals surface area contributed by atoms with Gasteiger partial charge in [-0.15, -0.1) is 0 Å². The van der Waals surface area contributed by atoms with Crippen molar-refractivity contribution in [1.29, 1.82) is 0 Å². The maximum atomic E-state index is 10.9. The number of carbonyl (C=O) groups is 1. The third-order valence-corrected chi connectivity index (χ3v) is 2.72. The number of methoxy groups -OCH3 is 1. The minimum absolute atomic E-state index is 0. The third kappa shape index (κ3) is 8.53. The second kappa shape index (κ2) is 11.1. The van der Waals surface area contributed by atoms with Gasteiger partial charge in [0.1, 0.15) is 5.75 Å². The van der Waals surface area contributed by atoms with Crippen LogP contribution in [0.5, 0.6) is 5.75 Å². The number of hydrogen-bond donors (Lipinski definition) is 0. The zero-order valence-electron chi connectivity index (χ0n) is 13.1. The molecule has 21 heavy (non-hydrogen) atoms. The van der Waals surface area contributed by atoms with E-state index in [4.69, 9.17) is 4.74 Å². The van der Waals surface area contributed by atoms with Crippen LogP contribution < -0.4 is 61.2 Å². The zero-order valence-corrected chi connectivity index (χ0v) is 16.2. The van der Waals surface area contributed by atoms with E-state index >= 15 is 0 Å². The first-order valence-corrected chi connectivity index (χ1v) is 6.57. The summed E-state index contributed by atoms with van der Waals surface area (Å²) in [7, 11) is 1.62. The van der Waals surface area contributed by atoms with Gasteiger partial charge in [0.25, 0.3) is 0 Å². The van der Waals surface area contributed by atoms with Crippen molar-refractivity contribution in [2.75, 3.05) is 7.11 Å². The number of carboxylic acids is 1. The molecule has 5 heteroatoms. The number of nitrogens with zero attached hydrogens (tertiary/aromatic N) is 1. The van der Waals surface area contributed by atoms with E-state index in [2.05, 4.69) is 4.99 Å². The maximum absolute atomic E-state index is 10.9. The van der Waals surface area contributed by atoms with E-state index in [1.807, 2.05) is 44.2 Å². The third-order valence-electron chi connectivity index (χ3n) is 2.72. The fourth-order valence-corrected chi connectivity index (χ4v) is 1.69. The Hall–Kier alpha value is -0.464. The maximum Gasteiger partial charge on any atom is 1.00 e. The molecule has 1 rings (SSSR count). The molecule has 0 amide bonds. The standard InChI is InChI=1S/C16H21NO3.K/c1-12(2)11-15(16(18)19)17-10-4-5-13-6-8-14(20-3)9-7-13;/h4-10,12,15H,11H2,1-3H3,(H,18,19);/q;+1/p-1/b5-4+,17-10?;/t15-;/m0./s1. The van der Waals surface area contributed by atoms with Crippen molar-refractivity contribution in [3.05, 3.63) is 35.9 Å². The average Bonchev–Trinajstić information content (AvgIpc) is 2.42. The molecule has 0 N–H and O–H groups in total. The Balaban J connectivity index is 0.00000400. The number of allylic oxidation sites excluding steroid dienone is 1. The van der Waals surface area contributed by atoms with Crippen molar-refractivity contribution in [2.24, 2.45) is 10.9 Å². The van der Waals surface area contributed by atoms with Gasteiger partial charge in [-0.2, -0.15) is 0 Å². The fourth-order valence-electron chi connectivity index (χ4n) is 1.69. The van der Waals surface area contributed by atoms with Gasteiger partial charge in [0.15, 0.2) is 0 Å². The topological polar surface area (TPSA) is 61.7 Å². The Labute approximate surface area is 168 Å². The molecule has 0 saturated carbocycles. The van der Waals surface area contributed by atoms with E-state index < -0.39 is 12.0 Å². The van der Waals surface area contributed by atoms with Gasteiger partial charge in [0.05, 0.1) is 19.1 Å². The molecule has 1 atom stereocenters. The van der Waals surface area contributed by atoms with E-state index in [9.17, 15) is 9.90 Å². The first-order valence-electron chi connectivity index (χ1n) is 6.57. The summed E-state index contributed by atoms with van der Waals surface area (Å²) < 4.78 is 5.07. The number of aliphatic carboxylic acids is 1. The summed E-state index contributed by atoms with van der Waals surface area (Å²) in [4.78, 5) is 14.9. The molecule has 1 aromatic rings. The summed E-state index contributed by atoms with van der Waals surface area (Å²) in [5, 5.41) is 10.9. The largest absolute Gasteiger partial charge is 1.00 e. The monoisotopic (exact) mass is 313 g/mol. The van der Waals surface area contributed by atoms with Crippen LogP contribution >= 0.6 is 0 Å². The van der Waals surface area contributed by atoms with Crippen molar-refractivity contribution in [1.82, 2.24) is 0 Å². The van der Waals surface area contributed by atoms with E-state index in [1.165, 1.54) is 6.21 Å². The van der Waals surface area contributed by atoms with Gasteiger partial charge in [-0.3, -0.25) is 4.99 Å². The summed E-state index contributed by atoms with van der Waals surface area (Å²) in [5.41, 5.74) is 0.992. The second-order valence-electron chi connectivity index (χ2n) is 4.89. The minimum atomic E-state index is -1.13. The Kier molecular flexibility index (Phi) is 10.9. The Morgan fingerprint density at radius 3 is 2.43 bits per heavy atom. The van der Waals surface area contributed by atoms with Gasteiger partial charge in [0.2, 0.25) is 0 Å². The normalized spacial score (nSPS) is 12.6. The number of hydrogen-bond acceptors (Lipinski definition) is 4. The molecule has 0 saturated heterocycles. The molecule has 4 nitrogen and oxygen atoms in total. The number of benzene rings is 1. The summed E-state index contributed by atoms with van der Waals surface area (Å²) in [5.74, 6) is -0.0711. The van der Waals surface area contributed by atoms with Gasteiger partial charge < -0.3 is 14.6 Å². The van der Waals surface area contributed by atoms with Gasteiger partial charge in [0, 0.05) is 6.21 Å². The van der Waals surface area contributed by atoms with Crippen LogP contribution in [0.2, 0.25) is 0 Å². The van der Waals surface area contributed by atoms with Crippen LogP contribution in [-0.2, 0) is 4.79 Å². The molecule has 0 bridgehead atoms. The van der Waals surface area contributed by atoms with Crippen LogP contribution in [0.25, 0.3) is 6.08 Å². The summed E-state index contributed by atoms with van der Waals surface area (Å²) in [6.45, 7) is 3.91. The molecular weight excluding hydrogens is 293 g/mol. The molecule has 0 aliphatic rings. The molecule has 0 radical (unpaired) electrons. The Morgan fingerprint density at radius 2 is 1.95 bits per heavy atom. The number of carbonyl (C=O) groups excluding carboxylic acids is 1. The SMILES string of the molecule is COc1ccc(/C=C/C=N[C@@H](CC(C)C)C(=O)[O-])cc1.[K+]. The summed E-state index contributed by atoms with van der Waals surface area (Å²) >= 11 is 0.